The maximum Gasteiger partial charge on any atom is 0.140 e. The average Bonchev–Trinajstić information content (AvgIpc) is 2.58. The largest absolute Gasteiger partial charge is 0.308 e. The van der Waals surface area contributed by atoms with Crippen molar-refractivity contribution >= 4 is 0 Å². The summed E-state index contributed by atoms with van der Waals surface area (Å²) in [6, 6.07) is 0.486. The Kier molecular flexibility index (Phi) is 4.75. The molecule has 0 bridgehead atoms. The number of rotatable bonds is 6. The fourth-order valence-electron chi connectivity index (χ4n) is 1.29. The van der Waals surface area contributed by atoms with Gasteiger partial charge in [0.1, 0.15) is 12.2 Å². The molecule has 0 unspecified atom stereocenters. The lowest BCUT2D eigenvalue weighted by atomic mass is 10.1. The van der Waals surface area contributed by atoms with E-state index < -0.39 is 0 Å². The summed E-state index contributed by atoms with van der Waals surface area (Å²) in [5.74, 6) is 1.74. The molecule has 0 amide bonds. The number of nitrogens with zero attached hydrogens (tertiary/aromatic N) is 3. The van der Waals surface area contributed by atoms with Gasteiger partial charge in [0.05, 0.1) is 6.54 Å². The second-order valence-electron chi connectivity index (χ2n) is 4.62. The van der Waals surface area contributed by atoms with Crippen LogP contribution in [0.2, 0.25) is 0 Å². The summed E-state index contributed by atoms with van der Waals surface area (Å²) < 4.78 is 2.00. The third-order valence-electron chi connectivity index (χ3n) is 2.28. The molecule has 86 valence electrons. The Morgan fingerprint density at radius 1 is 1.33 bits per heavy atom. The van der Waals surface area contributed by atoms with Crippen molar-refractivity contribution in [2.24, 2.45) is 5.92 Å². The lowest BCUT2D eigenvalue weighted by Crippen LogP contribution is -2.24. The van der Waals surface area contributed by atoms with E-state index >= 15 is 0 Å². The highest BCUT2D eigenvalue weighted by Gasteiger charge is 2.05. The minimum Gasteiger partial charge on any atom is -0.308 e. The third-order valence-corrected chi connectivity index (χ3v) is 2.28. The van der Waals surface area contributed by atoms with Crippen LogP contribution in [0.15, 0.2) is 6.33 Å². The first-order valence-corrected chi connectivity index (χ1v) is 5.69. The first-order valence-electron chi connectivity index (χ1n) is 5.69. The van der Waals surface area contributed by atoms with Crippen molar-refractivity contribution in [1.82, 2.24) is 20.1 Å². The summed E-state index contributed by atoms with van der Waals surface area (Å²) >= 11 is 0. The van der Waals surface area contributed by atoms with Gasteiger partial charge in [0.2, 0.25) is 0 Å². The van der Waals surface area contributed by atoms with Crippen LogP contribution in [0.1, 0.15) is 39.9 Å². The molecule has 1 aromatic heterocycles. The van der Waals surface area contributed by atoms with E-state index in [1.165, 1.54) is 0 Å². The van der Waals surface area contributed by atoms with Crippen molar-refractivity contribution in [1.29, 1.82) is 0 Å². The van der Waals surface area contributed by atoms with Crippen molar-refractivity contribution in [3.05, 3.63) is 12.2 Å². The first-order chi connectivity index (χ1) is 7.09. The van der Waals surface area contributed by atoms with Crippen molar-refractivity contribution in [3.63, 3.8) is 0 Å². The number of hydrogen-bond donors (Lipinski definition) is 1. The van der Waals surface area contributed by atoms with E-state index in [0.29, 0.717) is 12.0 Å². The van der Waals surface area contributed by atoms with Crippen LogP contribution in [0.3, 0.4) is 0 Å². The minimum absolute atomic E-state index is 0.486. The van der Waals surface area contributed by atoms with Gasteiger partial charge in [0.15, 0.2) is 0 Å². The molecule has 4 nitrogen and oxygen atoms in total. The normalized spacial score (nSPS) is 11.6. The highest BCUT2D eigenvalue weighted by molar-refractivity contribution is 4.84. The predicted octanol–water partition coefficient (Wildman–Crippen LogP) is 1.82. The molecule has 0 aliphatic carbocycles. The summed E-state index contributed by atoms with van der Waals surface area (Å²) in [6.07, 6.45) is 2.79. The van der Waals surface area contributed by atoms with Crippen LogP contribution in [0.25, 0.3) is 0 Å². The van der Waals surface area contributed by atoms with E-state index in [9.17, 15) is 0 Å². The van der Waals surface area contributed by atoms with Crippen molar-refractivity contribution < 1.29 is 0 Å². The second kappa shape index (κ2) is 5.85. The molecule has 0 saturated carbocycles. The van der Waals surface area contributed by atoms with Crippen molar-refractivity contribution in [2.75, 3.05) is 0 Å². The van der Waals surface area contributed by atoms with Gasteiger partial charge in [0.25, 0.3) is 0 Å². The van der Waals surface area contributed by atoms with Gasteiger partial charge in [-0.3, -0.25) is 0 Å². The van der Waals surface area contributed by atoms with E-state index in [2.05, 4.69) is 43.1 Å². The molecule has 0 spiro atoms. The van der Waals surface area contributed by atoms with E-state index in [1.54, 1.807) is 6.33 Å². The van der Waals surface area contributed by atoms with Gasteiger partial charge in [-0.1, -0.05) is 27.7 Å². The Labute approximate surface area is 92.1 Å². The lowest BCUT2D eigenvalue weighted by molar-refractivity contribution is 0.459. The molecule has 15 heavy (non-hydrogen) atoms. The summed E-state index contributed by atoms with van der Waals surface area (Å²) in [5, 5.41) is 7.58. The SMILES string of the molecule is CC(C)CCn1ncnc1CNC(C)C. The van der Waals surface area contributed by atoms with Gasteiger partial charge in [0, 0.05) is 12.6 Å². The zero-order valence-electron chi connectivity index (χ0n) is 10.2. The highest BCUT2D eigenvalue weighted by Crippen LogP contribution is 2.03. The summed E-state index contributed by atoms with van der Waals surface area (Å²) in [4.78, 5) is 4.26. The van der Waals surface area contributed by atoms with E-state index in [1.807, 2.05) is 4.68 Å². The maximum absolute atomic E-state index is 4.26. The Bertz CT molecular complexity index is 251. The van der Waals surface area contributed by atoms with Gasteiger partial charge in [-0.05, 0) is 12.3 Å². The monoisotopic (exact) mass is 210 g/mol. The maximum atomic E-state index is 4.26. The molecule has 0 fully saturated rings. The quantitative estimate of drug-likeness (QED) is 0.779. The molecular formula is C11H22N4. The average molecular weight is 210 g/mol. The molecule has 0 aliphatic heterocycles. The van der Waals surface area contributed by atoms with Crippen LogP contribution >= 0.6 is 0 Å². The van der Waals surface area contributed by atoms with Gasteiger partial charge in [-0.2, -0.15) is 5.10 Å². The van der Waals surface area contributed by atoms with Crippen LogP contribution < -0.4 is 5.32 Å². The zero-order valence-corrected chi connectivity index (χ0v) is 10.2. The highest BCUT2D eigenvalue weighted by atomic mass is 15.3. The van der Waals surface area contributed by atoms with Gasteiger partial charge >= 0.3 is 0 Å². The zero-order chi connectivity index (χ0) is 11.3. The first kappa shape index (κ1) is 12.2. The second-order valence-corrected chi connectivity index (χ2v) is 4.62. The standard InChI is InChI=1S/C11H22N4/c1-9(2)5-6-15-11(13-8-14-15)7-12-10(3)4/h8-10,12H,5-7H2,1-4H3. The molecule has 1 heterocycles. The van der Waals surface area contributed by atoms with E-state index in [4.69, 9.17) is 0 Å². The number of aryl methyl sites for hydroxylation is 1. The molecule has 1 aromatic rings. The molecule has 4 heteroatoms. The Morgan fingerprint density at radius 2 is 2.07 bits per heavy atom. The predicted molar refractivity (Wildman–Crippen MR) is 61.5 cm³/mol. The number of hydrogen-bond acceptors (Lipinski definition) is 3. The Hall–Kier alpha value is -0.900. The molecule has 1 N–H and O–H groups in total. The smallest absolute Gasteiger partial charge is 0.140 e. The van der Waals surface area contributed by atoms with Crippen LogP contribution in [0.4, 0.5) is 0 Å². The van der Waals surface area contributed by atoms with Gasteiger partial charge in [-0.25, -0.2) is 9.67 Å². The van der Waals surface area contributed by atoms with Crippen LogP contribution in [0, 0.1) is 5.92 Å². The third kappa shape index (κ3) is 4.42. The van der Waals surface area contributed by atoms with Crippen molar-refractivity contribution in [2.45, 2.75) is 53.2 Å². The molecule has 1 rings (SSSR count). The van der Waals surface area contributed by atoms with Gasteiger partial charge < -0.3 is 5.32 Å². The van der Waals surface area contributed by atoms with E-state index in [-0.39, 0.29) is 0 Å². The summed E-state index contributed by atoms with van der Waals surface area (Å²) in [5.41, 5.74) is 0. The number of nitrogens with one attached hydrogen (secondary N) is 1. The Balaban J connectivity index is 2.46. The van der Waals surface area contributed by atoms with E-state index in [0.717, 1.165) is 25.3 Å². The summed E-state index contributed by atoms with van der Waals surface area (Å²) in [7, 11) is 0. The molecule has 0 aromatic carbocycles. The topological polar surface area (TPSA) is 42.7 Å². The summed E-state index contributed by atoms with van der Waals surface area (Å²) in [6.45, 7) is 10.5. The number of aromatic nitrogens is 3. The van der Waals surface area contributed by atoms with Crippen LogP contribution in [-0.2, 0) is 13.1 Å². The Morgan fingerprint density at radius 3 is 2.67 bits per heavy atom. The molecule has 0 saturated heterocycles. The fourth-order valence-corrected chi connectivity index (χ4v) is 1.29. The van der Waals surface area contributed by atoms with Crippen LogP contribution in [0.5, 0.6) is 0 Å². The lowest BCUT2D eigenvalue weighted by Gasteiger charge is -2.10. The fraction of sp³-hybridized carbons (Fsp3) is 0.818. The van der Waals surface area contributed by atoms with Crippen LogP contribution in [-0.4, -0.2) is 20.8 Å². The molecular weight excluding hydrogens is 188 g/mol. The molecule has 0 atom stereocenters. The molecule has 0 radical (unpaired) electrons. The van der Waals surface area contributed by atoms with Gasteiger partial charge in [-0.15, -0.1) is 0 Å². The van der Waals surface area contributed by atoms with Crippen molar-refractivity contribution in [3.8, 4) is 0 Å². The molecule has 0 aliphatic rings. The minimum atomic E-state index is 0.486.